The van der Waals surface area contributed by atoms with Crippen LogP contribution in [0, 0.1) is 4.51 Å². The van der Waals surface area contributed by atoms with Gasteiger partial charge in [-0.2, -0.15) is 0 Å². The van der Waals surface area contributed by atoms with Gasteiger partial charge >= 0.3 is 12.3 Å². The Morgan fingerprint density at radius 1 is 0.864 bits per heavy atom. The van der Waals surface area contributed by atoms with Gasteiger partial charge in [-0.1, -0.05) is 30.4 Å². The molecule has 7 heteroatoms. The van der Waals surface area contributed by atoms with Gasteiger partial charge < -0.3 is 14.2 Å². The molecule has 0 fully saturated rings. The molecule has 0 atom stereocenters. The Kier molecular flexibility index (Phi) is 2.85. The SMILES string of the molecule is O=C1OC(=O)Oc2c(ccc3c(=S)c4ccccc4sc23)O1. The van der Waals surface area contributed by atoms with E-state index in [-0.39, 0.29) is 11.5 Å². The summed E-state index contributed by atoms with van der Waals surface area (Å²) < 4.78 is 16.6. The quantitative estimate of drug-likeness (QED) is 0.194. The van der Waals surface area contributed by atoms with Crippen LogP contribution in [0.25, 0.3) is 20.2 Å². The third-order valence-electron chi connectivity index (χ3n) is 3.21. The normalized spacial score (nSPS) is 14.0. The molecule has 0 amide bonds. The molecule has 1 aromatic heterocycles. The van der Waals surface area contributed by atoms with Gasteiger partial charge in [-0.05, 0) is 18.2 Å². The van der Waals surface area contributed by atoms with E-state index in [1.807, 2.05) is 24.3 Å². The number of fused-ring (bicyclic) bond motifs is 4. The van der Waals surface area contributed by atoms with Crippen LogP contribution in [-0.2, 0) is 4.74 Å². The average molecular weight is 330 g/mol. The van der Waals surface area contributed by atoms with E-state index in [1.165, 1.54) is 17.4 Å². The zero-order chi connectivity index (χ0) is 15.3. The molecule has 1 aliphatic heterocycles. The molecular weight excluding hydrogens is 324 g/mol. The van der Waals surface area contributed by atoms with Crippen LogP contribution >= 0.6 is 23.6 Å². The Balaban J connectivity index is 2.13. The summed E-state index contributed by atoms with van der Waals surface area (Å²) in [5.74, 6) is 0.277. The minimum absolute atomic E-state index is 0.129. The van der Waals surface area contributed by atoms with Crippen molar-refractivity contribution < 1.29 is 23.8 Å². The second kappa shape index (κ2) is 4.75. The molecule has 22 heavy (non-hydrogen) atoms. The number of cyclic esters (lactones) is 2. The molecule has 5 nitrogen and oxygen atoms in total. The summed E-state index contributed by atoms with van der Waals surface area (Å²) >= 11 is 6.92. The molecule has 2 aromatic carbocycles. The predicted octanol–water partition coefficient (Wildman–Crippen LogP) is 4.81. The second-order valence-corrected chi connectivity index (χ2v) is 5.96. The first-order valence-corrected chi connectivity index (χ1v) is 7.46. The molecule has 3 aromatic rings. The lowest BCUT2D eigenvalue weighted by molar-refractivity contribution is 0.0999. The fraction of sp³-hybridized carbons (Fsp3) is 0. The summed E-state index contributed by atoms with van der Waals surface area (Å²) in [6.45, 7) is 0. The van der Waals surface area contributed by atoms with Gasteiger partial charge in [0.25, 0.3) is 0 Å². The molecule has 0 unspecified atom stereocenters. The van der Waals surface area contributed by atoms with Crippen molar-refractivity contribution >= 4 is 56.0 Å². The summed E-state index contributed by atoms with van der Waals surface area (Å²) in [6, 6.07) is 11.0. The number of rotatable bonds is 0. The predicted molar refractivity (Wildman–Crippen MR) is 83.3 cm³/mol. The minimum atomic E-state index is -1.12. The lowest BCUT2D eigenvalue weighted by atomic mass is 10.2. The van der Waals surface area contributed by atoms with Crippen LogP contribution in [0.5, 0.6) is 11.5 Å². The highest BCUT2D eigenvalue weighted by Crippen LogP contribution is 2.42. The molecule has 1 aliphatic rings. The lowest BCUT2D eigenvalue weighted by Crippen LogP contribution is -2.14. The molecular formula is C15H6O5S2. The molecule has 0 radical (unpaired) electrons. The number of carbonyl (C=O) groups is 2. The van der Waals surface area contributed by atoms with Crippen molar-refractivity contribution in [2.45, 2.75) is 0 Å². The highest BCUT2D eigenvalue weighted by molar-refractivity contribution is 7.72. The van der Waals surface area contributed by atoms with Crippen molar-refractivity contribution in [1.29, 1.82) is 0 Å². The molecule has 108 valence electrons. The van der Waals surface area contributed by atoms with Crippen molar-refractivity contribution in [3.05, 3.63) is 40.9 Å². The first kappa shape index (κ1) is 13.2. The second-order valence-electron chi connectivity index (χ2n) is 4.50. The van der Waals surface area contributed by atoms with Gasteiger partial charge in [0.1, 0.15) is 0 Å². The monoisotopic (exact) mass is 330 g/mol. The number of ether oxygens (including phenoxy) is 3. The fourth-order valence-electron chi connectivity index (χ4n) is 2.28. The van der Waals surface area contributed by atoms with Crippen molar-refractivity contribution in [3.8, 4) is 11.5 Å². The Morgan fingerprint density at radius 2 is 1.64 bits per heavy atom. The Labute approximate surface area is 132 Å². The van der Waals surface area contributed by atoms with Crippen LogP contribution in [0.15, 0.2) is 36.4 Å². The lowest BCUT2D eigenvalue weighted by Gasteiger charge is -2.08. The molecule has 2 heterocycles. The van der Waals surface area contributed by atoms with Gasteiger partial charge in [0, 0.05) is 15.5 Å². The van der Waals surface area contributed by atoms with Gasteiger partial charge in [-0.15, -0.1) is 11.3 Å². The van der Waals surface area contributed by atoms with Gasteiger partial charge in [-0.3, -0.25) is 0 Å². The van der Waals surface area contributed by atoms with Crippen molar-refractivity contribution in [3.63, 3.8) is 0 Å². The van der Waals surface area contributed by atoms with Crippen molar-refractivity contribution in [1.82, 2.24) is 0 Å². The topological polar surface area (TPSA) is 61.8 Å². The highest BCUT2D eigenvalue weighted by atomic mass is 32.1. The average Bonchev–Trinajstić information content (AvgIpc) is 2.64. The third kappa shape index (κ3) is 1.94. The fourth-order valence-corrected chi connectivity index (χ4v) is 3.92. The van der Waals surface area contributed by atoms with Crippen LogP contribution in [0.2, 0.25) is 0 Å². The Bertz CT molecular complexity index is 1020. The summed E-state index contributed by atoms with van der Waals surface area (Å²) in [4.78, 5) is 22.8. The largest absolute Gasteiger partial charge is 0.524 e. The number of benzene rings is 2. The van der Waals surface area contributed by atoms with E-state index in [2.05, 4.69) is 4.74 Å². The maximum absolute atomic E-state index is 11.5. The Morgan fingerprint density at radius 3 is 2.50 bits per heavy atom. The van der Waals surface area contributed by atoms with Crippen LogP contribution in [0.3, 0.4) is 0 Å². The number of hydrogen-bond donors (Lipinski definition) is 0. The first-order valence-electron chi connectivity index (χ1n) is 6.23. The summed E-state index contributed by atoms with van der Waals surface area (Å²) in [6.07, 6.45) is -2.24. The van der Waals surface area contributed by atoms with Crippen molar-refractivity contribution in [2.75, 3.05) is 0 Å². The van der Waals surface area contributed by atoms with Gasteiger partial charge in [0.05, 0.1) is 9.21 Å². The molecule has 0 N–H and O–H groups in total. The Hall–Kier alpha value is -2.51. The summed E-state index contributed by atoms with van der Waals surface area (Å²) in [7, 11) is 0. The molecule has 0 spiro atoms. The van der Waals surface area contributed by atoms with Crippen LogP contribution in [0.4, 0.5) is 9.59 Å². The van der Waals surface area contributed by atoms with Crippen molar-refractivity contribution in [2.24, 2.45) is 0 Å². The van der Waals surface area contributed by atoms with Crippen LogP contribution in [0.1, 0.15) is 0 Å². The minimum Gasteiger partial charge on any atom is -0.391 e. The van der Waals surface area contributed by atoms with Crippen LogP contribution in [-0.4, -0.2) is 12.3 Å². The molecule has 0 bridgehead atoms. The van der Waals surface area contributed by atoms with E-state index in [4.69, 9.17) is 21.7 Å². The van der Waals surface area contributed by atoms with E-state index < -0.39 is 12.3 Å². The number of carbonyl (C=O) groups excluding carboxylic acids is 2. The molecule has 0 saturated heterocycles. The summed E-state index contributed by atoms with van der Waals surface area (Å²) in [5.41, 5.74) is 0. The highest BCUT2D eigenvalue weighted by Gasteiger charge is 2.26. The standard InChI is InChI=1S/C15H6O5S2/c16-14-18-9-6-5-8-12(21)7-3-1-2-4-10(7)22-13(8)11(9)19-15(17)20-14/h1-6H. The maximum atomic E-state index is 11.5. The smallest absolute Gasteiger partial charge is 0.391 e. The zero-order valence-corrected chi connectivity index (χ0v) is 12.5. The molecule has 0 saturated carbocycles. The summed E-state index contributed by atoms with van der Waals surface area (Å²) in [5, 5.41) is 1.70. The van der Waals surface area contributed by atoms with E-state index >= 15 is 0 Å². The molecule has 0 aliphatic carbocycles. The first-order chi connectivity index (χ1) is 10.6. The maximum Gasteiger partial charge on any atom is 0.524 e. The van der Waals surface area contributed by atoms with E-state index in [1.54, 1.807) is 6.07 Å². The molecule has 4 rings (SSSR count). The van der Waals surface area contributed by atoms with E-state index in [0.717, 1.165) is 15.5 Å². The van der Waals surface area contributed by atoms with Gasteiger partial charge in [0.2, 0.25) is 0 Å². The zero-order valence-electron chi connectivity index (χ0n) is 10.8. The van der Waals surface area contributed by atoms with Crippen LogP contribution < -0.4 is 9.47 Å². The van der Waals surface area contributed by atoms with E-state index in [0.29, 0.717) is 9.21 Å². The third-order valence-corrected chi connectivity index (χ3v) is 4.83. The number of hydrogen-bond acceptors (Lipinski definition) is 7. The van der Waals surface area contributed by atoms with E-state index in [9.17, 15) is 9.59 Å². The van der Waals surface area contributed by atoms with Gasteiger partial charge in [0.15, 0.2) is 11.5 Å². The van der Waals surface area contributed by atoms with Gasteiger partial charge in [-0.25, -0.2) is 9.59 Å².